The van der Waals surface area contributed by atoms with Crippen LogP contribution in [0.1, 0.15) is 27.7 Å². The van der Waals surface area contributed by atoms with E-state index in [-0.39, 0.29) is 11.8 Å². The lowest BCUT2D eigenvalue weighted by Crippen LogP contribution is -2.56. The fraction of sp³-hybridized carbons (Fsp3) is 0.350. The summed E-state index contributed by atoms with van der Waals surface area (Å²) in [5.41, 5.74) is 1.10. The number of hydrogen-bond donors (Lipinski definition) is 1. The second-order valence-corrected chi connectivity index (χ2v) is 6.35. The number of ether oxygens (including phenoxy) is 1. The molecule has 2 atom stereocenters. The first-order chi connectivity index (χ1) is 10.9. The Bertz CT molecular complexity index is 643. The number of carbonyl (C=O) groups is 1. The molecule has 2 rings (SSSR count). The van der Waals surface area contributed by atoms with Gasteiger partial charge in [-0.15, -0.1) is 0 Å². The van der Waals surface area contributed by atoms with Crippen molar-refractivity contribution in [1.82, 2.24) is 0 Å². The minimum Gasteiger partial charge on any atom is -0.481 e. The van der Waals surface area contributed by atoms with Gasteiger partial charge in [0.2, 0.25) is 0 Å². The van der Waals surface area contributed by atoms with Gasteiger partial charge >= 0.3 is 0 Å². The van der Waals surface area contributed by atoms with Crippen LogP contribution in [0, 0.1) is 11.8 Å². The highest BCUT2D eigenvalue weighted by Gasteiger charge is 2.52. The molecular weight excluding hydrogens is 286 g/mol. The molecule has 0 spiro atoms. The SMILES string of the molecule is C=C/C(=C\C=C1\OC(C)(C(=O)Nc2ccccc2)C1C)C(C)C. The molecular formula is C20H25NO2. The van der Waals surface area contributed by atoms with Gasteiger partial charge in [-0.3, -0.25) is 4.79 Å². The van der Waals surface area contributed by atoms with Crippen molar-refractivity contribution >= 4 is 11.6 Å². The zero-order chi connectivity index (χ0) is 17.0. The first-order valence-electron chi connectivity index (χ1n) is 7.98. The Labute approximate surface area is 138 Å². The molecule has 3 nitrogen and oxygen atoms in total. The van der Waals surface area contributed by atoms with Gasteiger partial charge in [-0.05, 0) is 36.6 Å². The number of hydrogen-bond acceptors (Lipinski definition) is 2. The number of para-hydroxylation sites is 1. The van der Waals surface area contributed by atoms with E-state index in [1.807, 2.05) is 62.4 Å². The average Bonchev–Trinajstić information content (AvgIpc) is 2.54. The van der Waals surface area contributed by atoms with Gasteiger partial charge < -0.3 is 10.1 Å². The predicted octanol–water partition coefficient (Wildman–Crippen LogP) is 4.70. The van der Waals surface area contributed by atoms with Crippen LogP contribution in [-0.4, -0.2) is 11.5 Å². The van der Waals surface area contributed by atoms with Gasteiger partial charge in [0.25, 0.3) is 5.91 Å². The summed E-state index contributed by atoms with van der Waals surface area (Å²) in [4.78, 5) is 12.5. The fourth-order valence-corrected chi connectivity index (χ4v) is 2.51. The smallest absolute Gasteiger partial charge is 0.269 e. The Morgan fingerprint density at radius 3 is 2.52 bits per heavy atom. The van der Waals surface area contributed by atoms with Crippen LogP contribution in [0.4, 0.5) is 5.69 Å². The van der Waals surface area contributed by atoms with Crippen LogP contribution in [0.25, 0.3) is 0 Å². The van der Waals surface area contributed by atoms with Crippen LogP contribution >= 0.6 is 0 Å². The molecule has 1 saturated heterocycles. The van der Waals surface area contributed by atoms with Gasteiger partial charge in [0.1, 0.15) is 5.76 Å². The number of amides is 1. The van der Waals surface area contributed by atoms with Gasteiger partial charge in [0.05, 0.1) is 5.92 Å². The van der Waals surface area contributed by atoms with Gasteiger partial charge in [-0.1, -0.05) is 57.7 Å². The standard InChI is InChI=1S/C20H25NO2/c1-6-16(14(2)3)12-13-18-15(4)20(5,23-18)19(22)21-17-10-8-7-9-11-17/h6-15H,1H2,2-5H3,(H,21,22)/b16-12+,18-13+. The highest BCUT2D eigenvalue weighted by atomic mass is 16.5. The molecule has 1 aliphatic rings. The highest BCUT2D eigenvalue weighted by molar-refractivity contribution is 5.98. The third-order valence-corrected chi connectivity index (χ3v) is 4.41. The van der Waals surface area contributed by atoms with E-state index in [4.69, 9.17) is 4.74 Å². The Morgan fingerprint density at radius 1 is 1.35 bits per heavy atom. The second kappa shape index (κ2) is 6.86. The molecule has 0 radical (unpaired) electrons. The first kappa shape index (κ1) is 17.1. The Balaban J connectivity index is 2.06. The fourth-order valence-electron chi connectivity index (χ4n) is 2.51. The summed E-state index contributed by atoms with van der Waals surface area (Å²) in [6, 6.07) is 9.43. The van der Waals surface area contributed by atoms with Gasteiger partial charge in [0, 0.05) is 5.69 Å². The van der Waals surface area contributed by atoms with Crippen LogP contribution < -0.4 is 5.32 Å². The molecule has 0 bridgehead atoms. The Kier molecular flexibility index (Phi) is 5.09. The molecule has 23 heavy (non-hydrogen) atoms. The van der Waals surface area contributed by atoms with E-state index in [0.717, 1.165) is 17.0 Å². The number of benzene rings is 1. The summed E-state index contributed by atoms with van der Waals surface area (Å²) in [6.45, 7) is 11.9. The molecule has 122 valence electrons. The average molecular weight is 311 g/mol. The first-order valence-corrected chi connectivity index (χ1v) is 7.98. The molecule has 1 heterocycles. The van der Waals surface area contributed by atoms with Crippen molar-refractivity contribution in [3.63, 3.8) is 0 Å². The quantitative estimate of drug-likeness (QED) is 0.800. The van der Waals surface area contributed by atoms with Gasteiger partial charge in [-0.2, -0.15) is 0 Å². The van der Waals surface area contributed by atoms with Crippen molar-refractivity contribution in [3.05, 3.63) is 66.5 Å². The van der Waals surface area contributed by atoms with Crippen molar-refractivity contribution in [2.75, 3.05) is 5.32 Å². The summed E-state index contributed by atoms with van der Waals surface area (Å²) < 4.78 is 5.82. The van der Waals surface area contributed by atoms with Crippen LogP contribution in [0.3, 0.4) is 0 Å². The van der Waals surface area contributed by atoms with Gasteiger partial charge in [-0.25, -0.2) is 0 Å². The molecule has 1 N–H and O–H groups in total. The molecule has 1 aromatic rings. The summed E-state index contributed by atoms with van der Waals surface area (Å²) >= 11 is 0. The monoisotopic (exact) mass is 311 g/mol. The molecule has 1 fully saturated rings. The molecule has 3 heteroatoms. The molecule has 0 aromatic heterocycles. The van der Waals surface area contributed by atoms with Crippen LogP contribution in [0.15, 0.2) is 66.5 Å². The van der Waals surface area contributed by atoms with Crippen molar-refractivity contribution in [3.8, 4) is 0 Å². The summed E-state index contributed by atoms with van der Waals surface area (Å²) in [5, 5.41) is 2.91. The maximum absolute atomic E-state index is 12.5. The van der Waals surface area contributed by atoms with E-state index < -0.39 is 5.60 Å². The lowest BCUT2D eigenvalue weighted by atomic mass is 9.81. The van der Waals surface area contributed by atoms with Crippen molar-refractivity contribution in [1.29, 1.82) is 0 Å². The summed E-state index contributed by atoms with van der Waals surface area (Å²) in [7, 11) is 0. The maximum Gasteiger partial charge on any atom is 0.269 e. The van der Waals surface area contributed by atoms with Crippen molar-refractivity contribution < 1.29 is 9.53 Å². The minimum atomic E-state index is -0.832. The minimum absolute atomic E-state index is 0.0284. The van der Waals surface area contributed by atoms with Gasteiger partial charge in [0.15, 0.2) is 5.60 Å². The number of allylic oxidation sites excluding steroid dienone is 4. The zero-order valence-electron chi connectivity index (χ0n) is 14.3. The highest BCUT2D eigenvalue weighted by Crippen LogP contribution is 2.42. The molecule has 1 aliphatic heterocycles. The topological polar surface area (TPSA) is 38.3 Å². The zero-order valence-corrected chi connectivity index (χ0v) is 14.3. The van der Waals surface area contributed by atoms with E-state index in [2.05, 4.69) is 25.7 Å². The summed E-state index contributed by atoms with van der Waals surface area (Å²) in [5.74, 6) is 1.15. The molecule has 2 unspecified atom stereocenters. The van der Waals surface area contributed by atoms with Crippen molar-refractivity contribution in [2.24, 2.45) is 11.8 Å². The van der Waals surface area contributed by atoms with Crippen LogP contribution in [0.5, 0.6) is 0 Å². The molecule has 0 aliphatic carbocycles. The van der Waals surface area contributed by atoms with E-state index in [0.29, 0.717) is 5.92 Å². The number of anilines is 1. The maximum atomic E-state index is 12.5. The van der Waals surface area contributed by atoms with E-state index >= 15 is 0 Å². The second-order valence-electron chi connectivity index (χ2n) is 6.35. The largest absolute Gasteiger partial charge is 0.481 e. The third-order valence-electron chi connectivity index (χ3n) is 4.41. The third kappa shape index (κ3) is 3.55. The van der Waals surface area contributed by atoms with Crippen molar-refractivity contribution in [2.45, 2.75) is 33.3 Å². The lowest BCUT2D eigenvalue weighted by Gasteiger charge is -2.46. The Hall–Kier alpha value is -2.29. The lowest BCUT2D eigenvalue weighted by molar-refractivity contribution is -0.162. The number of carbonyl (C=O) groups excluding carboxylic acids is 1. The normalized spacial score (nSPS) is 25.7. The van der Waals surface area contributed by atoms with E-state index in [9.17, 15) is 4.79 Å². The number of rotatable bonds is 5. The van der Waals surface area contributed by atoms with E-state index in [1.165, 1.54) is 0 Å². The molecule has 0 saturated carbocycles. The molecule has 1 amide bonds. The summed E-state index contributed by atoms with van der Waals surface area (Å²) in [6.07, 6.45) is 5.81. The molecule has 1 aromatic carbocycles. The van der Waals surface area contributed by atoms with E-state index in [1.54, 1.807) is 0 Å². The Morgan fingerprint density at radius 2 is 2.00 bits per heavy atom. The van der Waals surface area contributed by atoms with Crippen LogP contribution in [-0.2, 0) is 9.53 Å². The predicted molar refractivity (Wildman–Crippen MR) is 94.9 cm³/mol. The van der Waals surface area contributed by atoms with Crippen LogP contribution in [0.2, 0.25) is 0 Å². The number of nitrogens with one attached hydrogen (secondary N) is 1.